The average molecular weight is 320 g/mol. The van der Waals surface area contributed by atoms with Crippen molar-refractivity contribution in [1.82, 2.24) is 15.6 Å². The van der Waals surface area contributed by atoms with Gasteiger partial charge in [0.25, 0.3) is 0 Å². The number of hydrogen-bond acceptors (Lipinski definition) is 3. The van der Waals surface area contributed by atoms with Gasteiger partial charge in [0.05, 0.1) is 29.9 Å². The molecule has 5 nitrogen and oxygen atoms in total. The second-order valence-corrected chi connectivity index (χ2v) is 5.30. The summed E-state index contributed by atoms with van der Waals surface area (Å²) in [5.74, 6) is 0. The van der Waals surface area contributed by atoms with Gasteiger partial charge in [0.15, 0.2) is 0 Å². The van der Waals surface area contributed by atoms with Crippen LogP contribution in [0.25, 0.3) is 0 Å². The van der Waals surface area contributed by atoms with Crippen molar-refractivity contribution in [1.29, 1.82) is 0 Å². The van der Waals surface area contributed by atoms with Crippen molar-refractivity contribution in [2.45, 2.75) is 19.0 Å². The number of carbonyl (C=O) groups is 1. The number of benzene rings is 1. The molecule has 2 amide bonds. The van der Waals surface area contributed by atoms with E-state index in [1.807, 2.05) is 30.3 Å². The first-order chi connectivity index (χ1) is 10.7. The van der Waals surface area contributed by atoms with E-state index < -0.39 is 0 Å². The van der Waals surface area contributed by atoms with Gasteiger partial charge < -0.3 is 15.7 Å². The second kappa shape index (κ2) is 8.36. The Kier molecular flexibility index (Phi) is 6.18. The molecule has 6 heteroatoms. The molecule has 3 N–H and O–H groups in total. The number of rotatable bonds is 6. The maximum atomic E-state index is 11.9. The minimum absolute atomic E-state index is 0.124. The zero-order chi connectivity index (χ0) is 15.8. The summed E-state index contributed by atoms with van der Waals surface area (Å²) in [5.41, 5.74) is 1.77. The summed E-state index contributed by atoms with van der Waals surface area (Å²) in [6, 6.07) is 12.5. The fourth-order valence-corrected chi connectivity index (χ4v) is 2.09. The highest BCUT2D eigenvalue weighted by molar-refractivity contribution is 6.30. The molecular weight excluding hydrogens is 302 g/mol. The summed E-state index contributed by atoms with van der Waals surface area (Å²) in [6.07, 6.45) is 2.10. The molecule has 1 aromatic heterocycles. The number of aliphatic hydroxyl groups excluding tert-OH is 1. The zero-order valence-electron chi connectivity index (χ0n) is 12.0. The van der Waals surface area contributed by atoms with E-state index >= 15 is 0 Å². The molecule has 0 aliphatic carbocycles. The molecule has 0 bridgehead atoms. The lowest BCUT2D eigenvalue weighted by molar-refractivity contribution is 0.215. The lowest BCUT2D eigenvalue weighted by atomic mass is 10.1. The number of aliphatic hydroxyl groups is 1. The van der Waals surface area contributed by atoms with Gasteiger partial charge in [-0.25, -0.2) is 4.79 Å². The van der Waals surface area contributed by atoms with Crippen LogP contribution >= 0.6 is 11.6 Å². The molecular formula is C16H18ClN3O2. The van der Waals surface area contributed by atoms with Crippen molar-refractivity contribution >= 4 is 17.6 Å². The molecule has 22 heavy (non-hydrogen) atoms. The van der Waals surface area contributed by atoms with E-state index in [9.17, 15) is 9.90 Å². The van der Waals surface area contributed by atoms with Crippen LogP contribution in [0.5, 0.6) is 0 Å². The first-order valence-corrected chi connectivity index (χ1v) is 7.34. The molecule has 0 fully saturated rings. The second-order valence-electron chi connectivity index (χ2n) is 4.86. The fraction of sp³-hybridized carbons (Fsp3) is 0.250. The van der Waals surface area contributed by atoms with Crippen LogP contribution in [0.2, 0.25) is 5.02 Å². The van der Waals surface area contributed by atoms with Gasteiger partial charge in [-0.05, 0) is 24.1 Å². The Morgan fingerprint density at radius 1 is 1.23 bits per heavy atom. The third-order valence-corrected chi connectivity index (χ3v) is 3.32. The van der Waals surface area contributed by atoms with Crippen LogP contribution in [0.15, 0.2) is 48.7 Å². The first-order valence-electron chi connectivity index (χ1n) is 6.97. The van der Waals surface area contributed by atoms with Crippen LogP contribution in [0.4, 0.5) is 4.79 Å². The molecule has 2 rings (SSSR count). The van der Waals surface area contributed by atoms with Crippen molar-refractivity contribution < 1.29 is 9.90 Å². The molecule has 1 aromatic carbocycles. The number of pyridine rings is 1. The van der Waals surface area contributed by atoms with Crippen molar-refractivity contribution in [2.75, 3.05) is 6.61 Å². The Morgan fingerprint density at radius 3 is 2.64 bits per heavy atom. The van der Waals surface area contributed by atoms with Crippen molar-refractivity contribution in [3.63, 3.8) is 0 Å². The number of urea groups is 1. The van der Waals surface area contributed by atoms with E-state index in [1.165, 1.54) is 6.20 Å². The highest BCUT2D eigenvalue weighted by Crippen LogP contribution is 2.06. The summed E-state index contributed by atoms with van der Waals surface area (Å²) in [6.45, 7) is 0.175. The summed E-state index contributed by atoms with van der Waals surface area (Å²) in [5, 5.41) is 15.4. The SMILES string of the molecule is O=C(NCc1ccc(Cl)cn1)N[C@H](CO)Cc1ccccc1. The smallest absolute Gasteiger partial charge is 0.315 e. The topological polar surface area (TPSA) is 74.2 Å². The first kappa shape index (κ1) is 16.3. The maximum absolute atomic E-state index is 11.9. The van der Waals surface area contributed by atoms with Gasteiger partial charge in [-0.2, -0.15) is 0 Å². The van der Waals surface area contributed by atoms with Crippen LogP contribution in [-0.4, -0.2) is 28.8 Å². The summed E-state index contributed by atoms with van der Waals surface area (Å²) in [4.78, 5) is 15.9. The molecule has 0 unspecified atom stereocenters. The average Bonchev–Trinajstić information content (AvgIpc) is 2.54. The zero-order valence-corrected chi connectivity index (χ0v) is 12.8. The van der Waals surface area contributed by atoms with Gasteiger partial charge in [-0.3, -0.25) is 4.98 Å². The Hall–Kier alpha value is -2.11. The summed E-state index contributed by atoms with van der Waals surface area (Å²) in [7, 11) is 0. The number of hydrogen-bond donors (Lipinski definition) is 3. The number of nitrogens with zero attached hydrogens (tertiary/aromatic N) is 1. The molecule has 0 saturated heterocycles. The van der Waals surface area contributed by atoms with Crippen LogP contribution in [0.3, 0.4) is 0 Å². The van der Waals surface area contributed by atoms with E-state index in [4.69, 9.17) is 11.6 Å². The third-order valence-electron chi connectivity index (χ3n) is 3.10. The van der Waals surface area contributed by atoms with Gasteiger partial charge in [-0.15, -0.1) is 0 Å². The normalized spacial score (nSPS) is 11.7. The Labute approximate surface area is 134 Å². The molecule has 1 heterocycles. The van der Waals surface area contributed by atoms with E-state index in [2.05, 4.69) is 15.6 Å². The van der Waals surface area contributed by atoms with Crippen LogP contribution < -0.4 is 10.6 Å². The number of nitrogens with one attached hydrogen (secondary N) is 2. The number of aromatic nitrogens is 1. The molecule has 0 spiro atoms. The van der Waals surface area contributed by atoms with E-state index in [0.29, 0.717) is 23.7 Å². The number of halogens is 1. The maximum Gasteiger partial charge on any atom is 0.315 e. The standard InChI is InChI=1S/C16H18ClN3O2/c17-13-6-7-14(18-9-13)10-19-16(22)20-15(11-21)8-12-4-2-1-3-5-12/h1-7,9,15,21H,8,10-11H2,(H2,19,20,22)/t15-/m0/s1. The molecule has 0 aliphatic rings. The minimum atomic E-state index is -0.341. The predicted molar refractivity (Wildman–Crippen MR) is 85.6 cm³/mol. The molecule has 1 atom stereocenters. The molecule has 2 aromatic rings. The summed E-state index contributed by atoms with van der Waals surface area (Å²) >= 11 is 5.75. The Bertz CT molecular complexity index is 590. The van der Waals surface area contributed by atoms with Crippen molar-refractivity contribution in [3.8, 4) is 0 Å². The van der Waals surface area contributed by atoms with Crippen molar-refractivity contribution in [2.24, 2.45) is 0 Å². The number of amides is 2. The lowest BCUT2D eigenvalue weighted by Crippen LogP contribution is -2.44. The third kappa shape index (κ3) is 5.35. The van der Waals surface area contributed by atoms with Crippen LogP contribution in [0.1, 0.15) is 11.3 Å². The van der Waals surface area contributed by atoms with Crippen LogP contribution in [0, 0.1) is 0 Å². The Balaban J connectivity index is 1.80. The van der Waals surface area contributed by atoms with E-state index in [-0.39, 0.29) is 18.7 Å². The van der Waals surface area contributed by atoms with Gasteiger partial charge >= 0.3 is 6.03 Å². The quantitative estimate of drug-likeness (QED) is 0.763. The lowest BCUT2D eigenvalue weighted by Gasteiger charge is -2.17. The Morgan fingerprint density at radius 2 is 2.00 bits per heavy atom. The van der Waals surface area contributed by atoms with Gasteiger partial charge in [0.1, 0.15) is 0 Å². The molecule has 0 radical (unpaired) electrons. The highest BCUT2D eigenvalue weighted by Gasteiger charge is 2.11. The predicted octanol–water partition coefficient (Wildman–Crippen LogP) is 2.14. The van der Waals surface area contributed by atoms with Gasteiger partial charge in [-0.1, -0.05) is 41.9 Å². The van der Waals surface area contributed by atoms with Gasteiger partial charge in [0.2, 0.25) is 0 Å². The molecule has 0 saturated carbocycles. The largest absolute Gasteiger partial charge is 0.394 e. The van der Waals surface area contributed by atoms with Crippen molar-refractivity contribution in [3.05, 3.63) is 64.9 Å². The summed E-state index contributed by atoms with van der Waals surface area (Å²) < 4.78 is 0. The number of carbonyl (C=O) groups excluding carboxylic acids is 1. The highest BCUT2D eigenvalue weighted by atomic mass is 35.5. The molecule has 0 aliphatic heterocycles. The molecule has 116 valence electrons. The monoisotopic (exact) mass is 319 g/mol. The van der Waals surface area contributed by atoms with E-state index in [0.717, 1.165) is 5.56 Å². The fourth-order valence-electron chi connectivity index (χ4n) is 1.98. The minimum Gasteiger partial charge on any atom is -0.394 e. The van der Waals surface area contributed by atoms with Gasteiger partial charge in [0, 0.05) is 6.20 Å². The van der Waals surface area contributed by atoms with Crippen LogP contribution in [-0.2, 0) is 13.0 Å². The van der Waals surface area contributed by atoms with E-state index in [1.54, 1.807) is 12.1 Å².